The normalized spacial score (nSPS) is 13.8. The highest BCUT2D eigenvalue weighted by Gasteiger charge is 2.27. The van der Waals surface area contributed by atoms with E-state index in [1.807, 2.05) is 0 Å². The number of aryl methyl sites for hydroxylation is 3. The van der Waals surface area contributed by atoms with E-state index in [1.165, 1.54) is 24.3 Å². The first kappa shape index (κ1) is 25.7. The fourth-order valence-corrected chi connectivity index (χ4v) is 4.73. The van der Waals surface area contributed by atoms with Crippen molar-refractivity contribution in [3.8, 4) is 6.07 Å². The topological polar surface area (TPSA) is 108 Å². The van der Waals surface area contributed by atoms with E-state index in [1.54, 1.807) is 43.3 Å². The molecule has 2 N–H and O–H groups in total. The maximum absolute atomic E-state index is 14.3. The number of carbonyl (C=O) groups is 2. The van der Waals surface area contributed by atoms with Crippen LogP contribution in [0.25, 0.3) is 0 Å². The zero-order chi connectivity index (χ0) is 27.5. The van der Waals surface area contributed by atoms with Crippen LogP contribution in [-0.4, -0.2) is 21.8 Å². The molecule has 3 aromatic carbocycles. The minimum absolute atomic E-state index is 0.0136. The summed E-state index contributed by atoms with van der Waals surface area (Å²) in [6.07, 6.45) is 2.37. The molecule has 4 aromatic rings. The van der Waals surface area contributed by atoms with Gasteiger partial charge in [0, 0.05) is 12.6 Å². The highest BCUT2D eigenvalue weighted by Crippen LogP contribution is 2.34. The van der Waals surface area contributed by atoms with Crippen molar-refractivity contribution in [2.75, 3.05) is 0 Å². The Morgan fingerprint density at radius 3 is 2.46 bits per heavy atom. The summed E-state index contributed by atoms with van der Waals surface area (Å²) in [7, 11) is 0. The summed E-state index contributed by atoms with van der Waals surface area (Å²) < 4.78 is 27.8. The van der Waals surface area contributed by atoms with Gasteiger partial charge in [0.1, 0.15) is 29.3 Å². The van der Waals surface area contributed by atoms with Gasteiger partial charge in [0.15, 0.2) is 0 Å². The number of benzene rings is 3. The third kappa shape index (κ3) is 5.50. The lowest BCUT2D eigenvalue weighted by molar-refractivity contribution is 0.0937. The average molecular weight is 524 g/mol. The van der Waals surface area contributed by atoms with Crippen LogP contribution >= 0.6 is 0 Å². The van der Waals surface area contributed by atoms with E-state index in [2.05, 4.69) is 26.7 Å². The molecule has 0 fully saturated rings. The van der Waals surface area contributed by atoms with Gasteiger partial charge in [-0.15, -0.1) is 0 Å². The molecular weight excluding hydrogens is 500 g/mol. The van der Waals surface area contributed by atoms with Gasteiger partial charge in [0.25, 0.3) is 11.8 Å². The van der Waals surface area contributed by atoms with E-state index < -0.39 is 23.7 Å². The highest BCUT2D eigenvalue weighted by molar-refractivity contribution is 5.97. The van der Waals surface area contributed by atoms with Gasteiger partial charge in [-0.1, -0.05) is 24.3 Å². The molecule has 1 aromatic heterocycles. The fourth-order valence-electron chi connectivity index (χ4n) is 4.73. The number of rotatable bonds is 5. The second kappa shape index (κ2) is 10.8. The Kier molecular flexibility index (Phi) is 7.10. The largest absolute Gasteiger partial charge is 0.347 e. The minimum atomic E-state index is -0.692. The van der Waals surface area contributed by atoms with Crippen molar-refractivity contribution in [2.45, 2.75) is 32.4 Å². The molecule has 0 aliphatic heterocycles. The summed E-state index contributed by atoms with van der Waals surface area (Å²) in [5, 5.41) is 15.0. The molecule has 7 nitrogen and oxygen atoms in total. The van der Waals surface area contributed by atoms with Crippen LogP contribution in [0.1, 0.15) is 66.0 Å². The van der Waals surface area contributed by atoms with Crippen molar-refractivity contribution in [1.82, 2.24) is 20.6 Å². The minimum Gasteiger partial charge on any atom is -0.347 e. The van der Waals surface area contributed by atoms with Gasteiger partial charge < -0.3 is 10.6 Å². The van der Waals surface area contributed by atoms with Crippen molar-refractivity contribution in [3.63, 3.8) is 0 Å². The Morgan fingerprint density at radius 2 is 1.69 bits per heavy atom. The van der Waals surface area contributed by atoms with Crippen LogP contribution in [-0.2, 0) is 19.4 Å². The molecule has 9 heteroatoms. The van der Waals surface area contributed by atoms with Crippen LogP contribution < -0.4 is 10.6 Å². The highest BCUT2D eigenvalue weighted by atomic mass is 19.1. The maximum atomic E-state index is 14.3. The van der Waals surface area contributed by atoms with Crippen LogP contribution in [0.2, 0.25) is 0 Å². The van der Waals surface area contributed by atoms with Gasteiger partial charge >= 0.3 is 0 Å². The van der Waals surface area contributed by atoms with Gasteiger partial charge in [0.05, 0.1) is 17.7 Å². The van der Waals surface area contributed by atoms with Gasteiger partial charge in [-0.25, -0.2) is 18.7 Å². The smallest absolute Gasteiger partial charge is 0.270 e. The molecule has 39 heavy (non-hydrogen) atoms. The third-order valence-corrected chi connectivity index (χ3v) is 6.75. The molecule has 1 aliphatic rings. The molecule has 5 rings (SSSR count). The molecule has 0 saturated heterocycles. The van der Waals surface area contributed by atoms with Gasteiger partial charge in [0.2, 0.25) is 0 Å². The summed E-state index contributed by atoms with van der Waals surface area (Å²) in [5.74, 6) is -1.85. The molecule has 0 radical (unpaired) electrons. The summed E-state index contributed by atoms with van der Waals surface area (Å²) >= 11 is 0. The predicted molar refractivity (Wildman–Crippen MR) is 139 cm³/mol. The van der Waals surface area contributed by atoms with E-state index >= 15 is 0 Å². The summed E-state index contributed by atoms with van der Waals surface area (Å²) in [6, 6.07) is 17.0. The quantitative estimate of drug-likeness (QED) is 0.401. The van der Waals surface area contributed by atoms with Crippen LogP contribution in [0.3, 0.4) is 0 Å². The van der Waals surface area contributed by atoms with E-state index in [0.717, 1.165) is 23.0 Å². The summed E-state index contributed by atoms with van der Waals surface area (Å²) in [5.41, 5.74) is 4.77. The van der Waals surface area contributed by atoms with E-state index in [4.69, 9.17) is 0 Å². The van der Waals surface area contributed by atoms with Crippen molar-refractivity contribution >= 4 is 11.8 Å². The van der Waals surface area contributed by atoms with Crippen molar-refractivity contribution in [3.05, 3.63) is 129 Å². The maximum Gasteiger partial charge on any atom is 0.270 e. The average Bonchev–Trinajstić information content (AvgIpc) is 3.09. The molecule has 1 aliphatic carbocycles. The number of hydrogen-bond donors (Lipinski definition) is 2. The number of nitrogens with zero attached hydrogens (tertiary/aromatic N) is 3. The molecule has 0 spiro atoms. The van der Waals surface area contributed by atoms with Gasteiger partial charge in [-0.2, -0.15) is 5.26 Å². The number of hydrogen-bond acceptors (Lipinski definition) is 5. The first-order chi connectivity index (χ1) is 18.8. The number of fused-ring (bicyclic) bond motifs is 2. The first-order valence-corrected chi connectivity index (χ1v) is 12.3. The Morgan fingerprint density at radius 1 is 0.923 bits per heavy atom. The number of halogens is 2. The van der Waals surface area contributed by atoms with Crippen LogP contribution in [0.4, 0.5) is 8.78 Å². The van der Waals surface area contributed by atoms with E-state index in [9.17, 15) is 23.6 Å². The number of amides is 2. The summed E-state index contributed by atoms with van der Waals surface area (Å²) in [4.78, 5) is 34.1. The number of nitriles is 1. The number of carbonyl (C=O) groups excluding carboxylic acids is 2. The fraction of sp³-hybridized carbons (Fsp3) is 0.167. The molecule has 194 valence electrons. The van der Waals surface area contributed by atoms with Crippen LogP contribution in [0.5, 0.6) is 0 Å². The predicted octanol–water partition coefficient (Wildman–Crippen LogP) is 4.48. The molecule has 0 unspecified atom stereocenters. The molecular formula is C30H23F2N5O2. The lowest BCUT2D eigenvalue weighted by Crippen LogP contribution is -2.31. The number of nitrogens with one attached hydrogen (secondary N) is 2. The van der Waals surface area contributed by atoms with E-state index in [0.29, 0.717) is 35.1 Å². The monoisotopic (exact) mass is 523 g/mol. The zero-order valence-electron chi connectivity index (χ0n) is 21.0. The second-order valence-corrected chi connectivity index (χ2v) is 9.33. The standard InChI is InChI=1S/C30H23F2N5O2/c1-17-10-19(3-9-25(17)32)15-34-29(38)26-13-27(36-16-35-26)30(39)37-28-23-8-2-18(14-33)11-21(23)5-4-20-6-7-22(31)12-24(20)28/h2-3,6-13,16,28H,4-5,15H2,1H3,(H,34,38)(H,37,39)/t28-/m0/s1. The van der Waals surface area contributed by atoms with E-state index in [-0.39, 0.29) is 23.7 Å². The Labute approximate surface area is 223 Å². The molecule has 1 heterocycles. The molecule has 2 amide bonds. The summed E-state index contributed by atoms with van der Waals surface area (Å²) in [6.45, 7) is 1.79. The van der Waals surface area contributed by atoms with Gasteiger partial charge in [-0.3, -0.25) is 9.59 Å². The lowest BCUT2D eigenvalue weighted by Gasteiger charge is -2.22. The van der Waals surface area contributed by atoms with Gasteiger partial charge in [-0.05, 0) is 83.5 Å². The van der Waals surface area contributed by atoms with Crippen LogP contribution in [0, 0.1) is 29.9 Å². The Balaban J connectivity index is 1.39. The molecule has 0 saturated carbocycles. The van der Waals surface area contributed by atoms with Crippen LogP contribution in [0.15, 0.2) is 67.0 Å². The third-order valence-electron chi connectivity index (χ3n) is 6.75. The molecule has 0 bridgehead atoms. The second-order valence-electron chi connectivity index (χ2n) is 9.33. The Bertz CT molecular complexity index is 1650. The van der Waals surface area contributed by atoms with Crippen molar-refractivity contribution in [1.29, 1.82) is 5.26 Å². The zero-order valence-corrected chi connectivity index (χ0v) is 21.0. The molecule has 1 atom stereocenters. The Hall–Kier alpha value is -4.97. The SMILES string of the molecule is Cc1cc(CNC(=O)c2cc(C(=O)N[C@H]3c4ccc(C#N)cc4CCc4ccc(F)cc43)ncn2)ccc1F. The van der Waals surface area contributed by atoms with Crippen molar-refractivity contribution < 1.29 is 18.4 Å². The number of aromatic nitrogens is 2. The lowest BCUT2D eigenvalue weighted by atomic mass is 9.93. The van der Waals surface area contributed by atoms with Crippen molar-refractivity contribution in [2.24, 2.45) is 0 Å². The first-order valence-electron chi connectivity index (χ1n) is 12.3.